The van der Waals surface area contributed by atoms with Crippen molar-refractivity contribution >= 4 is 51.4 Å². The summed E-state index contributed by atoms with van der Waals surface area (Å²) < 4.78 is 17.6. The van der Waals surface area contributed by atoms with E-state index in [1.807, 2.05) is 56.3 Å². The van der Waals surface area contributed by atoms with Crippen molar-refractivity contribution in [2.75, 3.05) is 37.1 Å². The summed E-state index contributed by atoms with van der Waals surface area (Å²) in [7, 11) is 1.35. The normalized spacial score (nSPS) is 17.9. The molecule has 0 bridgehead atoms. The van der Waals surface area contributed by atoms with Crippen LogP contribution >= 0.6 is 22.9 Å². The molecule has 212 valence electrons. The summed E-state index contributed by atoms with van der Waals surface area (Å²) in [6.07, 6.45) is 0.323. The van der Waals surface area contributed by atoms with Gasteiger partial charge in [0.15, 0.2) is 4.88 Å². The molecule has 1 amide bonds. The Bertz CT molecular complexity index is 1400. The van der Waals surface area contributed by atoms with Crippen molar-refractivity contribution in [3.05, 3.63) is 64.0 Å². The van der Waals surface area contributed by atoms with Crippen LogP contribution in [-0.2, 0) is 4.74 Å². The van der Waals surface area contributed by atoms with Crippen LogP contribution in [0.2, 0.25) is 5.02 Å². The lowest BCUT2D eigenvalue weighted by atomic mass is 9.93. The number of amides is 1. The Labute approximate surface area is 242 Å². The van der Waals surface area contributed by atoms with Gasteiger partial charge >= 0.3 is 12.1 Å². The molecule has 40 heavy (non-hydrogen) atoms. The maximum atomic E-state index is 12.7. The zero-order valence-electron chi connectivity index (χ0n) is 22.6. The number of nitrogens with one attached hydrogen (secondary N) is 1. The van der Waals surface area contributed by atoms with Crippen LogP contribution in [-0.4, -0.2) is 55.0 Å². The molecule has 3 heterocycles. The number of ether oxygens (including phenoxy) is 3. The lowest BCUT2D eigenvalue weighted by Gasteiger charge is -2.34. The smallest absolute Gasteiger partial charge is 0.407 e. The number of thiophene rings is 1. The van der Waals surface area contributed by atoms with Crippen molar-refractivity contribution in [2.24, 2.45) is 5.92 Å². The molecular formula is C29H32ClN3O6S. The number of benzene rings is 2. The maximum absolute atomic E-state index is 12.7. The number of fused-ring (bicyclic) bond motifs is 1. The number of methoxy groups -OCH3 is 1. The van der Waals surface area contributed by atoms with Gasteiger partial charge in [0.05, 0.1) is 25.2 Å². The van der Waals surface area contributed by atoms with Gasteiger partial charge in [-0.05, 0) is 44.9 Å². The first-order valence-corrected chi connectivity index (χ1v) is 14.4. The molecule has 0 aliphatic carbocycles. The Kier molecular flexibility index (Phi) is 8.27. The second-order valence-corrected chi connectivity index (χ2v) is 11.4. The average Bonchev–Trinajstić information content (AvgIpc) is 3.56. The zero-order valence-corrected chi connectivity index (χ0v) is 24.1. The van der Waals surface area contributed by atoms with Gasteiger partial charge in [-0.3, -0.25) is 0 Å². The largest absolute Gasteiger partial charge is 0.490 e. The molecule has 1 aromatic heterocycles. The molecule has 0 radical (unpaired) electrons. The fourth-order valence-corrected chi connectivity index (χ4v) is 6.47. The predicted octanol–water partition coefficient (Wildman–Crippen LogP) is 7.01. The van der Waals surface area contributed by atoms with Crippen LogP contribution in [0, 0.1) is 5.92 Å². The first kappa shape index (κ1) is 27.9. The van der Waals surface area contributed by atoms with Gasteiger partial charge < -0.3 is 34.4 Å². The molecule has 2 aromatic carbocycles. The standard InChI is InChI=1S/C29H32ClN3O6S/c1-17(19-7-6-12-32(15-19)29(35)36)38-20-10-11-23-24(13-20)33(16-31-23)26-14-25(27(40-26)28(34)37-3)39-18(2)21-8-4-5-9-22(21)30/h4-5,8-11,13-14,17-19,31H,6-7,12,15-16H2,1-3H3,(H,35,36)/t17-,18-,19-/m1/s1. The molecule has 0 spiro atoms. The van der Waals surface area contributed by atoms with Crippen molar-refractivity contribution in [1.29, 1.82) is 0 Å². The second kappa shape index (κ2) is 11.9. The van der Waals surface area contributed by atoms with E-state index >= 15 is 0 Å². The second-order valence-electron chi connectivity index (χ2n) is 9.95. The van der Waals surface area contributed by atoms with Crippen molar-refractivity contribution in [1.82, 2.24) is 4.90 Å². The lowest BCUT2D eigenvalue weighted by Crippen LogP contribution is -2.43. The highest BCUT2D eigenvalue weighted by atomic mass is 35.5. The Morgan fingerprint density at radius 1 is 1.15 bits per heavy atom. The minimum absolute atomic E-state index is 0.118. The highest BCUT2D eigenvalue weighted by Gasteiger charge is 2.30. The number of esters is 1. The van der Waals surface area contributed by atoms with Crippen molar-refractivity contribution < 1.29 is 28.9 Å². The molecule has 9 nitrogen and oxygen atoms in total. The molecular weight excluding hydrogens is 554 g/mol. The maximum Gasteiger partial charge on any atom is 0.407 e. The van der Waals surface area contributed by atoms with E-state index in [-0.39, 0.29) is 18.1 Å². The molecule has 2 N–H and O–H groups in total. The summed E-state index contributed by atoms with van der Waals surface area (Å²) >= 11 is 7.67. The quantitative estimate of drug-likeness (QED) is 0.272. The summed E-state index contributed by atoms with van der Waals surface area (Å²) in [5.41, 5.74) is 2.67. The molecule has 3 atom stereocenters. The van der Waals surface area contributed by atoms with Crippen molar-refractivity contribution in [2.45, 2.75) is 38.9 Å². The minimum Gasteiger partial charge on any atom is -0.490 e. The SMILES string of the molecule is COC(=O)c1sc(N2CNc3ccc(O[C@H](C)[C@@H]4CCCN(C(=O)O)C4)cc32)cc1O[C@H](C)c1ccccc1Cl. The van der Waals surface area contributed by atoms with E-state index in [1.165, 1.54) is 23.3 Å². The highest BCUT2D eigenvalue weighted by molar-refractivity contribution is 7.18. The average molecular weight is 586 g/mol. The number of carboxylic acid groups (broad SMARTS) is 1. The van der Waals surface area contributed by atoms with E-state index in [9.17, 15) is 14.7 Å². The van der Waals surface area contributed by atoms with E-state index in [0.29, 0.717) is 41.2 Å². The van der Waals surface area contributed by atoms with E-state index in [0.717, 1.165) is 34.8 Å². The number of anilines is 3. The molecule has 1 fully saturated rings. The van der Waals surface area contributed by atoms with Gasteiger partial charge in [-0.15, -0.1) is 11.3 Å². The Hall–Kier alpha value is -3.63. The van der Waals surface area contributed by atoms with Crippen LogP contribution in [0.15, 0.2) is 48.5 Å². The molecule has 0 saturated carbocycles. The number of hydrogen-bond acceptors (Lipinski definition) is 8. The lowest BCUT2D eigenvalue weighted by molar-refractivity contribution is 0.0599. The number of piperidine rings is 1. The fourth-order valence-electron chi connectivity index (χ4n) is 5.16. The number of hydrogen-bond donors (Lipinski definition) is 2. The molecule has 11 heteroatoms. The molecule has 0 unspecified atom stereocenters. The molecule has 5 rings (SSSR count). The summed E-state index contributed by atoms with van der Waals surface area (Å²) in [5, 5.41) is 14.2. The van der Waals surface area contributed by atoms with Gasteiger partial charge in [0, 0.05) is 41.7 Å². The summed E-state index contributed by atoms with van der Waals surface area (Å²) in [6, 6.07) is 15.1. The molecule has 3 aromatic rings. The van der Waals surface area contributed by atoms with E-state index in [2.05, 4.69) is 10.2 Å². The number of rotatable bonds is 8. The van der Waals surface area contributed by atoms with Gasteiger partial charge in [-0.2, -0.15) is 0 Å². The summed E-state index contributed by atoms with van der Waals surface area (Å²) in [5.74, 6) is 0.765. The number of carbonyl (C=O) groups excluding carboxylic acids is 1. The predicted molar refractivity (Wildman–Crippen MR) is 156 cm³/mol. The number of carbonyl (C=O) groups is 2. The summed E-state index contributed by atoms with van der Waals surface area (Å²) in [4.78, 5) is 28.0. The van der Waals surface area contributed by atoms with Gasteiger partial charge in [0.1, 0.15) is 28.7 Å². The Balaban J connectivity index is 1.37. The van der Waals surface area contributed by atoms with Crippen LogP contribution in [0.25, 0.3) is 0 Å². The van der Waals surface area contributed by atoms with Crippen LogP contribution < -0.4 is 19.7 Å². The zero-order chi connectivity index (χ0) is 28.4. The molecule has 2 aliphatic heterocycles. The molecule has 1 saturated heterocycles. The third-order valence-corrected chi connectivity index (χ3v) is 8.83. The Morgan fingerprint density at radius 2 is 1.95 bits per heavy atom. The van der Waals surface area contributed by atoms with E-state index in [4.69, 9.17) is 25.8 Å². The van der Waals surface area contributed by atoms with Crippen molar-refractivity contribution in [3.63, 3.8) is 0 Å². The first-order valence-electron chi connectivity index (χ1n) is 13.2. The fraction of sp³-hybridized carbons (Fsp3) is 0.379. The monoisotopic (exact) mass is 585 g/mol. The number of nitrogens with zero attached hydrogens (tertiary/aromatic N) is 2. The number of likely N-dealkylation sites (tertiary alicyclic amines) is 1. The highest BCUT2D eigenvalue weighted by Crippen LogP contribution is 2.46. The first-order chi connectivity index (χ1) is 19.2. The van der Waals surface area contributed by atoms with Crippen LogP contribution in [0.3, 0.4) is 0 Å². The van der Waals surface area contributed by atoms with E-state index in [1.54, 1.807) is 6.07 Å². The molecule has 2 aliphatic rings. The number of halogens is 1. The van der Waals surface area contributed by atoms with Crippen LogP contribution in [0.4, 0.5) is 21.2 Å². The van der Waals surface area contributed by atoms with Gasteiger partial charge in [0.25, 0.3) is 0 Å². The van der Waals surface area contributed by atoms with Crippen LogP contribution in [0.5, 0.6) is 11.5 Å². The topological polar surface area (TPSA) is 101 Å². The summed E-state index contributed by atoms with van der Waals surface area (Å²) in [6.45, 7) is 5.42. The van der Waals surface area contributed by atoms with Gasteiger partial charge in [-0.25, -0.2) is 9.59 Å². The minimum atomic E-state index is -0.886. The van der Waals surface area contributed by atoms with Gasteiger partial charge in [0.2, 0.25) is 0 Å². The van der Waals surface area contributed by atoms with Gasteiger partial charge in [-0.1, -0.05) is 29.8 Å². The van der Waals surface area contributed by atoms with Crippen molar-refractivity contribution in [3.8, 4) is 11.5 Å². The third-order valence-electron chi connectivity index (χ3n) is 7.37. The third kappa shape index (κ3) is 5.78. The van der Waals surface area contributed by atoms with Crippen LogP contribution in [0.1, 0.15) is 48.0 Å². The Morgan fingerprint density at radius 3 is 2.70 bits per heavy atom. The van der Waals surface area contributed by atoms with E-state index < -0.39 is 12.1 Å².